The SMILES string of the molecule is [C-]#[N+]C[C@@H](O)[C@@H]1NC(=O)[C@H]([C@H](O)Cc2ccc(O)c(OSOO[O-])c2)NC(=O)[C@@H]2C[C@H](O)CN2C(=O)[C@H]([C@H](C)O)NC(=O)[C@@H](NC(=O)c2ccc(N3CCN(c4ccc(N5CCC6(CC5)OCCO6)cc4)CC3)cc2)C[C@H](O)CNC(=O)[C@@H]2[C@@H](O)[C@H](C)CN2C1=O.[Na+]. The molecule has 494 valence electrons. The third kappa shape index (κ3) is 17.0. The topological polar surface area (TPSA) is 411 Å². The van der Waals surface area contributed by atoms with Gasteiger partial charge >= 0.3 is 29.6 Å². The number of carbonyl (C=O) groups excluding carboxylic acids is 7. The Balaban J connectivity index is 0.0000109. The Morgan fingerprint density at radius 1 is 0.750 bits per heavy atom. The Morgan fingerprint density at radius 3 is 1.92 bits per heavy atom. The van der Waals surface area contributed by atoms with Crippen LogP contribution >= 0.6 is 12.3 Å². The number of amides is 7. The fourth-order valence-corrected chi connectivity index (χ4v) is 12.6. The molecule has 92 heavy (non-hydrogen) atoms. The second-order valence-electron chi connectivity index (χ2n) is 23.6. The summed E-state index contributed by atoms with van der Waals surface area (Å²) < 4.78 is 21.0. The average Bonchev–Trinajstić information content (AvgIpc) is 1.61. The van der Waals surface area contributed by atoms with Crippen LogP contribution in [0.15, 0.2) is 66.7 Å². The number of β-amino-alcohol motifs (C(OH)–C–C–N with tert-alkyl or cyclic N) is 1. The second-order valence-corrected chi connectivity index (χ2v) is 24.0. The van der Waals surface area contributed by atoms with Crippen LogP contribution in [0.4, 0.5) is 17.1 Å². The predicted molar refractivity (Wildman–Crippen MR) is 318 cm³/mol. The van der Waals surface area contributed by atoms with Gasteiger partial charge in [0.2, 0.25) is 42.0 Å². The zero-order chi connectivity index (χ0) is 65.3. The molecule has 6 fully saturated rings. The third-order valence-corrected chi connectivity index (χ3v) is 17.7. The molecule has 0 bridgehead atoms. The summed E-state index contributed by atoms with van der Waals surface area (Å²) in [5.74, 6) is -10.0. The van der Waals surface area contributed by atoms with Crippen LogP contribution in [0.25, 0.3) is 4.85 Å². The van der Waals surface area contributed by atoms with Crippen molar-refractivity contribution in [2.45, 2.75) is 125 Å². The minimum absolute atomic E-state index is 0. The molecule has 0 unspecified atom stereocenters. The van der Waals surface area contributed by atoms with Gasteiger partial charge in [0.1, 0.15) is 36.3 Å². The molecule has 0 aliphatic carbocycles. The molecule has 6 heterocycles. The normalized spacial score (nSPS) is 27.8. The number of aromatic hydroxyl groups is 1. The largest absolute Gasteiger partial charge is 1.00 e. The van der Waals surface area contributed by atoms with Crippen LogP contribution < -0.4 is 80.3 Å². The molecular formula is C59H76N11NaO20S. The van der Waals surface area contributed by atoms with Gasteiger partial charge in [0.15, 0.2) is 23.4 Å². The van der Waals surface area contributed by atoms with Gasteiger partial charge in [-0.05, 0) is 73.2 Å². The summed E-state index contributed by atoms with van der Waals surface area (Å²) in [6.45, 7) is 13.3. The van der Waals surface area contributed by atoms with E-state index < -0.39 is 171 Å². The maximum absolute atomic E-state index is 14.6. The minimum atomic E-state index is -2.15. The van der Waals surface area contributed by atoms with Gasteiger partial charge in [-0.15, -0.1) is 4.33 Å². The van der Waals surface area contributed by atoms with E-state index in [4.69, 9.17) is 20.2 Å². The molecule has 7 amide bonds. The number of phenolic OH excluding ortho intramolecular Hbond substituents is 1. The van der Waals surface area contributed by atoms with Crippen molar-refractivity contribution in [3.05, 3.63) is 89.3 Å². The van der Waals surface area contributed by atoms with Crippen LogP contribution in [-0.2, 0) is 54.0 Å². The van der Waals surface area contributed by atoms with E-state index in [1.807, 2.05) is 0 Å². The summed E-state index contributed by atoms with van der Waals surface area (Å²) in [6, 6.07) is 7.22. The molecule has 0 aromatic heterocycles. The first-order valence-electron chi connectivity index (χ1n) is 29.9. The molecule has 3 aromatic rings. The number of carbonyl (C=O) groups is 7. The molecule has 6 aliphatic rings. The zero-order valence-corrected chi connectivity index (χ0v) is 53.7. The molecular weight excluding hydrogens is 1240 g/mol. The second kappa shape index (κ2) is 32.0. The minimum Gasteiger partial charge on any atom is -0.691 e. The molecule has 0 radical (unpaired) electrons. The van der Waals surface area contributed by atoms with Gasteiger partial charge in [-0.2, -0.15) is 0 Å². The van der Waals surface area contributed by atoms with E-state index in [-0.39, 0.29) is 65.3 Å². The fourth-order valence-electron chi connectivity index (χ4n) is 12.3. The molecule has 9 rings (SSSR count). The van der Waals surface area contributed by atoms with Crippen molar-refractivity contribution in [2.75, 3.05) is 93.4 Å². The first-order chi connectivity index (χ1) is 43.6. The number of aliphatic hydroxyl groups is 6. The van der Waals surface area contributed by atoms with Gasteiger partial charge in [0.25, 0.3) is 18.2 Å². The van der Waals surface area contributed by atoms with E-state index in [1.54, 1.807) is 24.3 Å². The number of benzene rings is 3. The Labute approximate surface area is 555 Å². The molecule has 33 heteroatoms. The summed E-state index contributed by atoms with van der Waals surface area (Å²) in [6.07, 6.45) is -10.6. The summed E-state index contributed by atoms with van der Waals surface area (Å²) in [5.41, 5.74) is 3.21. The van der Waals surface area contributed by atoms with Crippen LogP contribution in [0, 0.1) is 12.5 Å². The molecule has 12 N–H and O–H groups in total. The Hall–Kier alpha value is -6.65. The molecule has 13 atom stereocenters. The number of rotatable bonds is 15. The predicted octanol–water partition coefficient (Wildman–Crippen LogP) is -6.90. The quantitative estimate of drug-likeness (QED) is 0.0168. The average molecular weight is 1310 g/mol. The first kappa shape index (κ1) is 71.2. The maximum Gasteiger partial charge on any atom is 1.00 e. The van der Waals surface area contributed by atoms with Gasteiger partial charge in [-0.3, -0.25) is 38.6 Å². The number of piperazine rings is 1. The number of anilines is 3. The van der Waals surface area contributed by atoms with E-state index in [1.165, 1.54) is 13.0 Å². The van der Waals surface area contributed by atoms with E-state index in [0.29, 0.717) is 39.4 Å². The summed E-state index contributed by atoms with van der Waals surface area (Å²) in [7, 11) is 0. The number of hydrogen-bond acceptors (Lipinski definition) is 24. The number of nitrogens with zero attached hydrogens (tertiary/aromatic N) is 6. The number of fused-ring (bicyclic) bond motifs is 2. The van der Waals surface area contributed by atoms with Crippen molar-refractivity contribution in [1.29, 1.82) is 0 Å². The molecule has 3 aromatic carbocycles. The fraction of sp³-hybridized carbons (Fsp3) is 0.559. The summed E-state index contributed by atoms with van der Waals surface area (Å²) in [4.78, 5) is 113. The third-order valence-electron chi connectivity index (χ3n) is 17.4. The van der Waals surface area contributed by atoms with E-state index in [9.17, 15) is 74.6 Å². The van der Waals surface area contributed by atoms with E-state index in [0.717, 1.165) is 71.8 Å². The Kier molecular flexibility index (Phi) is 24.8. The van der Waals surface area contributed by atoms with Gasteiger partial charge in [-0.1, -0.05) is 13.0 Å². The molecule has 31 nitrogen and oxygen atoms in total. The van der Waals surface area contributed by atoms with Crippen molar-refractivity contribution in [1.82, 2.24) is 36.4 Å². The smallest absolute Gasteiger partial charge is 0.691 e. The number of hydrogen-bond donors (Lipinski definition) is 12. The first-order valence-corrected chi connectivity index (χ1v) is 30.6. The number of phenols is 1. The van der Waals surface area contributed by atoms with Crippen molar-refractivity contribution in [2.24, 2.45) is 5.92 Å². The van der Waals surface area contributed by atoms with Crippen LogP contribution in [-0.4, -0.2) is 244 Å². The van der Waals surface area contributed by atoms with Gasteiger partial charge in [0.05, 0.1) is 43.7 Å². The van der Waals surface area contributed by atoms with Crippen LogP contribution in [0.2, 0.25) is 0 Å². The number of ether oxygens (including phenoxy) is 2. The van der Waals surface area contributed by atoms with Gasteiger partial charge in [-0.25, -0.2) is 6.57 Å². The Bertz CT molecular complexity index is 3110. The summed E-state index contributed by atoms with van der Waals surface area (Å²) in [5, 5.41) is 104. The van der Waals surface area contributed by atoms with Gasteiger partial charge < -0.3 is 111 Å². The van der Waals surface area contributed by atoms with Gasteiger partial charge in [0, 0.05) is 120 Å². The standard InChI is InChI=1S/C59H77N11O20S.Na/c1-32-30-70-50(51(32)77)56(82)61-28-39(72)26-41(62-52(78)35-5-7-36(8-6-35)67-18-20-68(21-19-67)38-11-9-37(10-12-38)66-16-14-59(15-17-66)86-22-23-87-59)53(79)63-47(33(2)71)57(83)69-31-40(73)27-42(69)54(80)64-48(55(81)65-49(58(70)84)45(76)29-60-3)44(75)24-34-4-13-43(74)46(25-34)88-91-90-89-85;/h4-13,25,32-33,39-42,44-45,47-51,71-77,85H,14-24,26-31H2,1-2H3,(H,61,82)(H,62,78)(H,63,79)(H,64,80)(H,65,81);/q;+1/p-1/t32-,33+,39+,40+,41+,42+,44-,45-,47+,48+,49+,50+,51+;/m1./s1. The van der Waals surface area contributed by atoms with Crippen molar-refractivity contribution < 1.29 is 127 Å². The monoisotopic (exact) mass is 1310 g/mol. The maximum atomic E-state index is 14.6. The van der Waals surface area contributed by atoms with E-state index >= 15 is 0 Å². The number of aliphatic hydroxyl groups excluding tert-OH is 6. The van der Waals surface area contributed by atoms with Crippen LogP contribution in [0.1, 0.15) is 55.5 Å². The molecule has 6 aliphatic heterocycles. The molecule has 0 saturated carbocycles. The zero-order valence-electron chi connectivity index (χ0n) is 50.9. The number of nitrogens with one attached hydrogen (secondary N) is 5. The molecule has 1 spiro atoms. The van der Waals surface area contributed by atoms with Crippen LogP contribution in [0.3, 0.4) is 0 Å². The van der Waals surface area contributed by atoms with Crippen LogP contribution in [0.5, 0.6) is 11.5 Å². The molecule has 6 saturated heterocycles. The van der Waals surface area contributed by atoms with Crippen molar-refractivity contribution >= 4 is 70.7 Å². The summed E-state index contributed by atoms with van der Waals surface area (Å²) >= 11 is 0.0105. The van der Waals surface area contributed by atoms with Crippen molar-refractivity contribution in [3.63, 3.8) is 0 Å². The number of piperidine rings is 1. The Morgan fingerprint density at radius 2 is 1.33 bits per heavy atom. The van der Waals surface area contributed by atoms with Crippen molar-refractivity contribution in [3.8, 4) is 11.5 Å². The van der Waals surface area contributed by atoms with E-state index in [2.05, 4.69) is 79.8 Å².